The molecule has 0 saturated heterocycles. The molecule has 2 rings (SSSR count). The van der Waals surface area contributed by atoms with Crippen molar-refractivity contribution in [2.75, 3.05) is 0 Å². The first-order valence-corrected chi connectivity index (χ1v) is 4.50. The van der Waals surface area contributed by atoms with Gasteiger partial charge in [-0.05, 0) is 13.0 Å². The van der Waals surface area contributed by atoms with E-state index < -0.39 is 11.5 Å². The number of halogens is 2. The summed E-state index contributed by atoms with van der Waals surface area (Å²) in [5.74, 6) is -2.60. The number of aryl methyl sites for hydroxylation is 2. The van der Waals surface area contributed by atoms with Gasteiger partial charge in [-0.2, -0.15) is 5.10 Å². The summed E-state index contributed by atoms with van der Waals surface area (Å²) in [5.41, 5.74) is 6.49. The van der Waals surface area contributed by atoms with E-state index in [-0.39, 0.29) is 12.8 Å². The Balaban J connectivity index is 2.29. The van der Waals surface area contributed by atoms with Crippen LogP contribution in [-0.4, -0.2) is 15.7 Å². The van der Waals surface area contributed by atoms with Gasteiger partial charge >= 0.3 is 0 Å². The van der Waals surface area contributed by atoms with E-state index in [2.05, 4.69) is 5.10 Å². The first-order chi connectivity index (χ1) is 6.32. The maximum absolute atomic E-state index is 12.7. The second kappa shape index (κ2) is 2.53. The number of rotatable bonds is 1. The summed E-state index contributed by atoms with van der Waals surface area (Å²) in [6.45, 7) is 1.82. The van der Waals surface area contributed by atoms with Crippen LogP contribution in [0.1, 0.15) is 24.2 Å². The highest BCUT2D eigenvalue weighted by atomic mass is 19.3. The first-order valence-electron chi connectivity index (χ1n) is 4.50. The Morgan fingerprint density at radius 1 is 1.50 bits per heavy atom. The van der Waals surface area contributed by atoms with Gasteiger partial charge in [0.05, 0.1) is 16.9 Å². The summed E-state index contributed by atoms with van der Waals surface area (Å²) in [5, 5.41) is 4.10. The smallest absolute Gasteiger partial charge is 0.252 e. The minimum absolute atomic E-state index is 0.279. The lowest BCUT2D eigenvalue weighted by Gasteiger charge is -2.44. The van der Waals surface area contributed by atoms with Gasteiger partial charge in [0.2, 0.25) is 0 Å². The van der Waals surface area contributed by atoms with Crippen molar-refractivity contribution in [2.45, 2.75) is 31.2 Å². The predicted octanol–water partition coefficient (Wildman–Crippen LogP) is 1.31. The summed E-state index contributed by atoms with van der Waals surface area (Å²) < 4.78 is 27.1. The van der Waals surface area contributed by atoms with E-state index in [4.69, 9.17) is 5.73 Å². The van der Waals surface area contributed by atoms with E-state index in [1.807, 2.05) is 6.92 Å². The zero-order chi connectivity index (χ0) is 10.6. The van der Waals surface area contributed by atoms with Gasteiger partial charge in [0, 0.05) is 19.9 Å². The van der Waals surface area contributed by atoms with Crippen LogP contribution in [0.4, 0.5) is 8.78 Å². The van der Waals surface area contributed by atoms with Gasteiger partial charge in [0.1, 0.15) is 0 Å². The molecule has 5 heteroatoms. The molecule has 1 fully saturated rings. The molecule has 0 radical (unpaired) electrons. The van der Waals surface area contributed by atoms with Crippen molar-refractivity contribution in [3.63, 3.8) is 0 Å². The minimum Gasteiger partial charge on any atom is -0.320 e. The van der Waals surface area contributed by atoms with Crippen LogP contribution in [0.3, 0.4) is 0 Å². The molecule has 0 aliphatic heterocycles. The van der Waals surface area contributed by atoms with E-state index in [0.29, 0.717) is 5.69 Å². The Morgan fingerprint density at radius 2 is 2.07 bits per heavy atom. The zero-order valence-corrected chi connectivity index (χ0v) is 8.22. The van der Waals surface area contributed by atoms with E-state index in [1.165, 1.54) is 0 Å². The normalized spacial score (nSPS) is 23.2. The molecular weight excluding hydrogens is 188 g/mol. The monoisotopic (exact) mass is 201 g/mol. The van der Waals surface area contributed by atoms with E-state index >= 15 is 0 Å². The van der Waals surface area contributed by atoms with Crippen LogP contribution in [0.5, 0.6) is 0 Å². The Hall–Kier alpha value is -0.970. The third kappa shape index (κ3) is 1.32. The van der Waals surface area contributed by atoms with Gasteiger partial charge in [-0.3, -0.25) is 4.68 Å². The van der Waals surface area contributed by atoms with Crippen LogP contribution in [0.25, 0.3) is 0 Å². The lowest BCUT2D eigenvalue weighted by Crippen LogP contribution is -2.56. The van der Waals surface area contributed by atoms with Gasteiger partial charge in [-0.15, -0.1) is 0 Å². The van der Waals surface area contributed by atoms with Gasteiger partial charge in [0.15, 0.2) is 0 Å². The number of alkyl halides is 2. The topological polar surface area (TPSA) is 43.8 Å². The fourth-order valence-electron chi connectivity index (χ4n) is 2.13. The van der Waals surface area contributed by atoms with Crippen molar-refractivity contribution < 1.29 is 8.78 Å². The van der Waals surface area contributed by atoms with Crippen molar-refractivity contribution in [1.29, 1.82) is 0 Å². The van der Waals surface area contributed by atoms with E-state index in [0.717, 1.165) is 5.69 Å². The van der Waals surface area contributed by atoms with Crippen molar-refractivity contribution in [3.05, 3.63) is 17.5 Å². The molecule has 1 saturated carbocycles. The van der Waals surface area contributed by atoms with Crippen LogP contribution in [0, 0.1) is 6.92 Å². The zero-order valence-electron chi connectivity index (χ0n) is 8.22. The highest BCUT2D eigenvalue weighted by Gasteiger charge is 2.56. The largest absolute Gasteiger partial charge is 0.320 e. The molecule has 0 bridgehead atoms. The van der Waals surface area contributed by atoms with Gasteiger partial charge in [0.25, 0.3) is 5.92 Å². The average Bonchev–Trinajstić information content (AvgIpc) is 2.25. The molecule has 1 aliphatic carbocycles. The molecular formula is C9H13F2N3. The average molecular weight is 201 g/mol. The third-order valence-electron chi connectivity index (χ3n) is 2.66. The highest BCUT2D eigenvalue weighted by Crippen LogP contribution is 2.49. The molecule has 0 aromatic carbocycles. The number of hydrogen-bond donors (Lipinski definition) is 1. The van der Waals surface area contributed by atoms with Crippen LogP contribution >= 0.6 is 0 Å². The molecule has 1 aliphatic rings. The maximum Gasteiger partial charge on any atom is 0.252 e. The number of nitrogens with two attached hydrogens (primary N) is 1. The molecule has 1 heterocycles. The van der Waals surface area contributed by atoms with Gasteiger partial charge < -0.3 is 5.73 Å². The van der Waals surface area contributed by atoms with Crippen molar-refractivity contribution in [3.8, 4) is 0 Å². The van der Waals surface area contributed by atoms with Gasteiger partial charge in [-0.25, -0.2) is 8.78 Å². The maximum atomic E-state index is 12.7. The van der Waals surface area contributed by atoms with Crippen LogP contribution in [-0.2, 0) is 12.6 Å². The summed E-state index contributed by atoms with van der Waals surface area (Å²) in [7, 11) is 1.73. The second-order valence-electron chi connectivity index (χ2n) is 4.16. The Labute approximate surface area is 80.9 Å². The molecule has 78 valence electrons. The Morgan fingerprint density at radius 3 is 2.43 bits per heavy atom. The Kier molecular flexibility index (Phi) is 1.73. The van der Waals surface area contributed by atoms with E-state index in [1.54, 1.807) is 17.8 Å². The Bertz CT molecular complexity index is 362. The third-order valence-corrected chi connectivity index (χ3v) is 2.66. The lowest BCUT2D eigenvalue weighted by molar-refractivity contribution is -0.127. The molecule has 2 N–H and O–H groups in total. The molecule has 0 amide bonds. The van der Waals surface area contributed by atoms with Crippen molar-refractivity contribution >= 4 is 0 Å². The summed E-state index contributed by atoms with van der Waals surface area (Å²) >= 11 is 0. The standard InChI is InChI=1S/C9H13F2N3/c1-6-3-7(14(2)13-6)8(12)4-9(10,11)5-8/h3H,4-5,12H2,1-2H3. The summed E-state index contributed by atoms with van der Waals surface area (Å²) in [6.07, 6.45) is -0.558. The van der Waals surface area contributed by atoms with Crippen molar-refractivity contribution in [2.24, 2.45) is 12.8 Å². The lowest BCUT2D eigenvalue weighted by atomic mass is 9.72. The molecule has 0 unspecified atom stereocenters. The first kappa shape index (κ1) is 9.58. The van der Waals surface area contributed by atoms with Crippen molar-refractivity contribution in [1.82, 2.24) is 9.78 Å². The number of nitrogens with zero attached hydrogens (tertiary/aromatic N) is 2. The SMILES string of the molecule is Cc1cc(C2(N)CC(F)(F)C2)n(C)n1. The molecule has 0 atom stereocenters. The quantitative estimate of drug-likeness (QED) is 0.744. The molecule has 0 spiro atoms. The fourth-order valence-corrected chi connectivity index (χ4v) is 2.13. The summed E-state index contributed by atoms with van der Waals surface area (Å²) in [4.78, 5) is 0. The molecule has 14 heavy (non-hydrogen) atoms. The van der Waals surface area contributed by atoms with E-state index in [9.17, 15) is 8.78 Å². The highest BCUT2D eigenvalue weighted by molar-refractivity contribution is 5.24. The predicted molar refractivity (Wildman–Crippen MR) is 48.0 cm³/mol. The van der Waals surface area contributed by atoms with Crippen LogP contribution in [0.15, 0.2) is 6.07 Å². The molecule has 1 aromatic rings. The van der Waals surface area contributed by atoms with Crippen LogP contribution < -0.4 is 5.73 Å². The fraction of sp³-hybridized carbons (Fsp3) is 0.667. The second-order valence-corrected chi connectivity index (χ2v) is 4.16. The number of aromatic nitrogens is 2. The summed E-state index contributed by atoms with van der Waals surface area (Å²) in [6, 6.07) is 1.77. The molecule has 3 nitrogen and oxygen atoms in total. The number of hydrogen-bond acceptors (Lipinski definition) is 2. The van der Waals surface area contributed by atoms with Crippen LogP contribution in [0.2, 0.25) is 0 Å². The minimum atomic E-state index is -2.60. The van der Waals surface area contributed by atoms with Gasteiger partial charge in [-0.1, -0.05) is 0 Å². The molecule has 1 aromatic heterocycles.